The second-order valence-electron chi connectivity index (χ2n) is 6.37. The number of methoxy groups -OCH3 is 3. The van der Waals surface area contributed by atoms with E-state index in [1.54, 1.807) is 44.8 Å². The van der Waals surface area contributed by atoms with Gasteiger partial charge in [0, 0.05) is 49.7 Å². The number of amides is 1. The van der Waals surface area contributed by atoms with Crippen molar-refractivity contribution in [2.45, 2.75) is 6.42 Å². The highest BCUT2D eigenvalue weighted by atomic mass is 32.1. The second-order valence-corrected chi connectivity index (χ2v) is 7.40. The average Bonchev–Trinajstić information content (AvgIpc) is 3.24. The van der Waals surface area contributed by atoms with Gasteiger partial charge in [0.1, 0.15) is 5.75 Å². The van der Waals surface area contributed by atoms with Crippen LogP contribution in [0.15, 0.2) is 29.6 Å². The van der Waals surface area contributed by atoms with Crippen LogP contribution in [0.1, 0.15) is 15.2 Å². The molecule has 2 heterocycles. The summed E-state index contributed by atoms with van der Waals surface area (Å²) < 4.78 is 16.0. The third-order valence-electron chi connectivity index (χ3n) is 4.85. The molecule has 0 unspecified atom stereocenters. The molecule has 6 nitrogen and oxygen atoms in total. The van der Waals surface area contributed by atoms with Gasteiger partial charge in [-0.25, -0.2) is 0 Å². The van der Waals surface area contributed by atoms with E-state index in [1.165, 1.54) is 4.88 Å². The first-order valence-corrected chi connectivity index (χ1v) is 9.88. The smallest absolute Gasteiger partial charge is 0.257 e. The lowest BCUT2D eigenvalue weighted by molar-refractivity contribution is 0.0635. The maximum Gasteiger partial charge on any atom is 0.257 e. The quantitative estimate of drug-likeness (QED) is 0.728. The molecule has 1 amide bonds. The first kappa shape index (κ1) is 19.5. The summed E-state index contributed by atoms with van der Waals surface area (Å²) in [5, 5.41) is 2.11. The van der Waals surface area contributed by atoms with Crippen LogP contribution in [0.4, 0.5) is 0 Å². The fraction of sp³-hybridized carbons (Fsp3) is 0.450. The van der Waals surface area contributed by atoms with Gasteiger partial charge >= 0.3 is 0 Å². The molecule has 1 aromatic carbocycles. The van der Waals surface area contributed by atoms with Gasteiger partial charge in [-0.1, -0.05) is 6.07 Å². The summed E-state index contributed by atoms with van der Waals surface area (Å²) >= 11 is 1.80. The number of nitrogens with zero attached hydrogens (tertiary/aromatic N) is 2. The van der Waals surface area contributed by atoms with E-state index >= 15 is 0 Å². The van der Waals surface area contributed by atoms with Crippen LogP contribution in [0.3, 0.4) is 0 Å². The molecule has 1 aromatic heterocycles. The molecule has 0 spiro atoms. The Balaban J connectivity index is 1.63. The first-order valence-electron chi connectivity index (χ1n) is 9.00. The summed E-state index contributed by atoms with van der Waals surface area (Å²) in [7, 11) is 4.68. The van der Waals surface area contributed by atoms with Crippen molar-refractivity contribution in [2.75, 3.05) is 54.1 Å². The van der Waals surface area contributed by atoms with E-state index < -0.39 is 0 Å². The number of carbonyl (C=O) groups is 1. The van der Waals surface area contributed by atoms with Crippen LogP contribution in [0.25, 0.3) is 0 Å². The number of rotatable bonds is 7. The van der Waals surface area contributed by atoms with Crippen molar-refractivity contribution in [3.8, 4) is 17.2 Å². The van der Waals surface area contributed by atoms with Crippen molar-refractivity contribution >= 4 is 17.2 Å². The Hall–Kier alpha value is -2.25. The van der Waals surface area contributed by atoms with Gasteiger partial charge in [0.25, 0.3) is 5.91 Å². The van der Waals surface area contributed by atoms with Crippen LogP contribution in [0.2, 0.25) is 0 Å². The summed E-state index contributed by atoms with van der Waals surface area (Å²) in [5.41, 5.74) is 0.502. The van der Waals surface area contributed by atoms with Gasteiger partial charge in [-0.2, -0.15) is 0 Å². The van der Waals surface area contributed by atoms with Gasteiger partial charge in [0.2, 0.25) is 0 Å². The molecule has 2 aromatic rings. The lowest BCUT2D eigenvalue weighted by Crippen LogP contribution is -2.49. The Labute approximate surface area is 164 Å². The third kappa shape index (κ3) is 4.54. The summed E-state index contributed by atoms with van der Waals surface area (Å²) in [6.45, 7) is 4.21. The minimum atomic E-state index is -0.0364. The molecule has 146 valence electrons. The molecule has 0 atom stereocenters. The number of ether oxygens (including phenoxy) is 3. The molecule has 1 aliphatic rings. The molecule has 27 heavy (non-hydrogen) atoms. The van der Waals surface area contributed by atoms with Crippen LogP contribution in [0.5, 0.6) is 17.2 Å². The van der Waals surface area contributed by atoms with Crippen molar-refractivity contribution in [1.82, 2.24) is 9.80 Å². The van der Waals surface area contributed by atoms with Crippen LogP contribution < -0.4 is 14.2 Å². The fourth-order valence-electron chi connectivity index (χ4n) is 3.26. The van der Waals surface area contributed by atoms with Crippen molar-refractivity contribution in [1.29, 1.82) is 0 Å². The molecule has 3 rings (SSSR count). The molecular formula is C20H26N2O4S. The lowest BCUT2D eigenvalue weighted by atomic mass is 10.1. The lowest BCUT2D eigenvalue weighted by Gasteiger charge is -2.35. The van der Waals surface area contributed by atoms with E-state index in [4.69, 9.17) is 14.2 Å². The Morgan fingerprint density at radius 3 is 2.26 bits per heavy atom. The third-order valence-corrected chi connectivity index (χ3v) is 5.79. The molecule has 1 aliphatic heterocycles. The predicted molar refractivity (Wildman–Crippen MR) is 106 cm³/mol. The summed E-state index contributed by atoms with van der Waals surface area (Å²) in [6, 6.07) is 7.66. The van der Waals surface area contributed by atoms with Gasteiger partial charge in [-0.3, -0.25) is 9.69 Å². The van der Waals surface area contributed by atoms with E-state index in [0.29, 0.717) is 35.9 Å². The number of benzene rings is 1. The van der Waals surface area contributed by atoms with Crippen LogP contribution in [-0.4, -0.2) is 69.8 Å². The van der Waals surface area contributed by atoms with E-state index in [1.807, 2.05) is 4.90 Å². The Bertz CT molecular complexity index is 756. The Morgan fingerprint density at radius 1 is 1.00 bits per heavy atom. The van der Waals surface area contributed by atoms with Gasteiger partial charge in [0.05, 0.1) is 26.9 Å². The van der Waals surface area contributed by atoms with E-state index in [-0.39, 0.29) is 5.91 Å². The zero-order valence-electron chi connectivity index (χ0n) is 16.1. The zero-order chi connectivity index (χ0) is 19.2. The fourth-order valence-corrected chi connectivity index (χ4v) is 3.96. The highest BCUT2D eigenvalue weighted by Gasteiger charge is 2.26. The van der Waals surface area contributed by atoms with Crippen LogP contribution in [-0.2, 0) is 6.42 Å². The van der Waals surface area contributed by atoms with Crippen molar-refractivity contribution < 1.29 is 19.0 Å². The summed E-state index contributed by atoms with van der Waals surface area (Å²) in [6.07, 6.45) is 1.06. The highest BCUT2D eigenvalue weighted by Crippen LogP contribution is 2.35. The second kappa shape index (κ2) is 9.10. The molecule has 0 aliphatic carbocycles. The predicted octanol–water partition coefficient (Wildman–Crippen LogP) is 2.77. The molecule has 0 saturated carbocycles. The zero-order valence-corrected chi connectivity index (χ0v) is 16.9. The van der Waals surface area contributed by atoms with E-state index in [9.17, 15) is 4.79 Å². The number of hydrogen-bond acceptors (Lipinski definition) is 6. The number of piperazine rings is 1. The maximum atomic E-state index is 13.0. The van der Waals surface area contributed by atoms with Crippen molar-refractivity contribution in [2.24, 2.45) is 0 Å². The summed E-state index contributed by atoms with van der Waals surface area (Å²) in [5.74, 6) is 1.53. The number of thiophene rings is 1. The minimum absolute atomic E-state index is 0.0364. The number of carbonyl (C=O) groups excluding carboxylic acids is 1. The molecular weight excluding hydrogens is 364 g/mol. The van der Waals surface area contributed by atoms with E-state index in [0.717, 1.165) is 26.1 Å². The van der Waals surface area contributed by atoms with Crippen molar-refractivity contribution in [3.05, 3.63) is 40.1 Å². The normalized spacial score (nSPS) is 14.9. The van der Waals surface area contributed by atoms with Gasteiger partial charge in [0.15, 0.2) is 11.5 Å². The van der Waals surface area contributed by atoms with E-state index in [2.05, 4.69) is 22.4 Å². The maximum absolute atomic E-state index is 13.0. The van der Waals surface area contributed by atoms with Gasteiger partial charge in [-0.15, -0.1) is 11.3 Å². The molecule has 1 saturated heterocycles. The van der Waals surface area contributed by atoms with Gasteiger partial charge < -0.3 is 19.1 Å². The SMILES string of the molecule is COc1cc(OC)c(C(=O)N2CCN(CCc3cccs3)CC2)cc1OC. The molecule has 0 N–H and O–H groups in total. The van der Waals surface area contributed by atoms with Crippen LogP contribution in [0, 0.1) is 0 Å². The standard InChI is InChI=1S/C20H26N2O4S/c1-24-17-14-19(26-3)18(25-2)13-16(17)20(23)22-10-8-21(9-11-22)7-6-15-5-4-12-27-15/h4-5,12-14H,6-11H2,1-3H3. The van der Waals surface area contributed by atoms with Crippen molar-refractivity contribution in [3.63, 3.8) is 0 Å². The molecule has 1 fully saturated rings. The molecule has 0 radical (unpaired) electrons. The Morgan fingerprint density at radius 2 is 1.67 bits per heavy atom. The molecule has 0 bridgehead atoms. The monoisotopic (exact) mass is 390 g/mol. The average molecular weight is 391 g/mol. The highest BCUT2D eigenvalue weighted by molar-refractivity contribution is 7.09. The minimum Gasteiger partial charge on any atom is -0.496 e. The van der Waals surface area contributed by atoms with Gasteiger partial charge in [-0.05, 0) is 17.9 Å². The number of hydrogen-bond donors (Lipinski definition) is 0. The summed E-state index contributed by atoms with van der Waals surface area (Å²) in [4.78, 5) is 18.7. The largest absolute Gasteiger partial charge is 0.496 e. The first-order chi connectivity index (χ1) is 13.2. The Kier molecular flexibility index (Phi) is 6.58. The topological polar surface area (TPSA) is 51.2 Å². The molecule has 7 heteroatoms. The van der Waals surface area contributed by atoms with Crippen LogP contribution >= 0.6 is 11.3 Å².